The Balaban J connectivity index is 1.87. The Hall–Kier alpha value is -1.68. The maximum absolute atomic E-state index is 13.9. The Morgan fingerprint density at radius 3 is 2.95 bits per heavy atom. The SMILES string of the molecule is Cc1ccc(-c2cnc(C3CCCCN3)[nH]2)c(F)c1. The number of aromatic nitrogens is 2. The number of aryl methyl sites for hydroxylation is 1. The lowest BCUT2D eigenvalue weighted by molar-refractivity contribution is 0.399. The summed E-state index contributed by atoms with van der Waals surface area (Å²) in [5, 5.41) is 3.44. The molecule has 1 aromatic heterocycles. The van der Waals surface area contributed by atoms with Crippen molar-refractivity contribution in [2.75, 3.05) is 6.54 Å². The molecule has 1 atom stereocenters. The Morgan fingerprint density at radius 1 is 1.32 bits per heavy atom. The van der Waals surface area contributed by atoms with Gasteiger partial charge in [0.2, 0.25) is 0 Å². The van der Waals surface area contributed by atoms with Crippen molar-refractivity contribution in [3.8, 4) is 11.3 Å². The van der Waals surface area contributed by atoms with E-state index in [2.05, 4.69) is 15.3 Å². The monoisotopic (exact) mass is 259 g/mol. The second-order valence-electron chi connectivity index (χ2n) is 5.17. The van der Waals surface area contributed by atoms with Crippen molar-refractivity contribution < 1.29 is 4.39 Å². The van der Waals surface area contributed by atoms with E-state index in [1.54, 1.807) is 18.3 Å². The van der Waals surface area contributed by atoms with Gasteiger partial charge in [-0.2, -0.15) is 0 Å². The first-order valence-corrected chi connectivity index (χ1v) is 6.79. The summed E-state index contributed by atoms with van der Waals surface area (Å²) in [7, 11) is 0. The number of hydrogen-bond donors (Lipinski definition) is 2. The molecular formula is C15H18FN3. The summed E-state index contributed by atoms with van der Waals surface area (Å²) < 4.78 is 13.9. The van der Waals surface area contributed by atoms with Crippen molar-refractivity contribution in [1.29, 1.82) is 0 Å². The van der Waals surface area contributed by atoms with Crippen molar-refractivity contribution in [1.82, 2.24) is 15.3 Å². The highest BCUT2D eigenvalue weighted by Gasteiger charge is 2.18. The normalized spacial score (nSPS) is 19.6. The van der Waals surface area contributed by atoms with Gasteiger partial charge in [0.25, 0.3) is 0 Å². The molecule has 100 valence electrons. The zero-order valence-corrected chi connectivity index (χ0v) is 11.0. The molecular weight excluding hydrogens is 241 g/mol. The molecule has 1 aliphatic heterocycles. The first-order valence-electron chi connectivity index (χ1n) is 6.79. The van der Waals surface area contributed by atoms with Gasteiger partial charge in [-0.05, 0) is 44.0 Å². The lowest BCUT2D eigenvalue weighted by atomic mass is 10.0. The van der Waals surface area contributed by atoms with E-state index < -0.39 is 0 Å². The van der Waals surface area contributed by atoms with Gasteiger partial charge in [-0.15, -0.1) is 0 Å². The Morgan fingerprint density at radius 2 is 2.21 bits per heavy atom. The molecule has 3 rings (SSSR count). The molecule has 0 saturated carbocycles. The molecule has 19 heavy (non-hydrogen) atoms. The predicted octanol–water partition coefficient (Wildman–Crippen LogP) is 3.34. The first kappa shape index (κ1) is 12.4. The van der Waals surface area contributed by atoms with Crippen LogP contribution in [-0.2, 0) is 0 Å². The van der Waals surface area contributed by atoms with Gasteiger partial charge in [0.1, 0.15) is 11.6 Å². The zero-order chi connectivity index (χ0) is 13.2. The number of imidazole rings is 1. The van der Waals surface area contributed by atoms with Crippen LogP contribution in [0.2, 0.25) is 0 Å². The number of halogens is 1. The molecule has 1 fully saturated rings. The minimum absolute atomic E-state index is 0.202. The van der Waals surface area contributed by atoms with Gasteiger partial charge in [0, 0.05) is 5.56 Å². The average Bonchev–Trinajstić information content (AvgIpc) is 2.89. The van der Waals surface area contributed by atoms with Crippen LogP contribution in [0.4, 0.5) is 4.39 Å². The molecule has 3 nitrogen and oxygen atoms in total. The maximum Gasteiger partial charge on any atom is 0.132 e. The van der Waals surface area contributed by atoms with Crippen molar-refractivity contribution >= 4 is 0 Å². The fourth-order valence-corrected chi connectivity index (χ4v) is 2.57. The molecule has 2 aromatic rings. The molecule has 0 bridgehead atoms. The van der Waals surface area contributed by atoms with Crippen LogP contribution in [0.15, 0.2) is 24.4 Å². The summed E-state index contributed by atoms with van der Waals surface area (Å²) in [5.41, 5.74) is 2.26. The van der Waals surface area contributed by atoms with E-state index in [9.17, 15) is 4.39 Å². The van der Waals surface area contributed by atoms with E-state index in [-0.39, 0.29) is 11.9 Å². The quantitative estimate of drug-likeness (QED) is 0.868. The number of nitrogens with zero attached hydrogens (tertiary/aromatic N) is 1. The van der Waals surface area contributed by atoms with Gasteiger partial charge < -0.3 is 10.3 Å². The zero-order valence-electron chi connectivity index (χ0n) is 11.0. The average molecular weight is 259 g/mol. The van der Waals surface area contributed by atoms with Crippen LogP contribution in [0.3, 0.4) is 0 Å². The van der Waals surface area contributed by atoms with Gasteiger partial charge in [-0.1, -0.05) is 12.5 Å². The number of rotatable bonds is 2. The van der Waals surface area contributed by atoms with Crippen molar-refractivity contribution in [2.24, 2.45) is 0 Å². The fraction of sp³-hybridized carbons (Fsp3) is 0.400. The second-order valence-corrected chi connectivity index (χ2v) is 5.17. The fourth-order valence-electron chi connectivity index (χ4n) is 2.57. The molecule has 4 heteroatoms. The predicted molar refractivity (Wildman–Crippen MR) is 73.3 cm³/mol. The number of H-pyrrole nitrogens is 1. The smallest absolute Gasteiger partial charge is 0.132 e. The third kappa shape index (κ3) is 2.54. The van der Waals surface area contributed by atoms with Crippen molar-refractivity contribution in [3.63, 3.8) is 0 Å². The summed E-state index contributed by atoms with van der Waals surface area (Å²) in [6.07, 6.45) is 5.24. The Labute approximate surface area is 112 Å². The molecule has 2 N–H and O–H groups in total. The molecule has 0 radical (unpaired) electrons. The highest BCUT2D eigenvalue weighted by Crippen LogP contribution is 2.25. The van der Waals surface area contributed by atoms with Crippen LogP contribution in [0, 0.1) is 12.7 Å². The lowest BCUT2D eigenvalue weighted by Crippen LogP contribution is -2.27. The van der Waals surface area contributed by atoms with Crippen LogP contribution in [0.5, 0.6) is 0 Å². The molecule has 1 aromatic carbocycles. The summed E-state index contributed by atoms with van der Waals surface area (Å²) in [6, 6.07) is 5.54. The molecule has 1 unspecified atom stereocenters. The number of piperidine rings is 1. The lowest BCUT2D eigenvalue weighted by Gasteiger charge is -2.21. The highest BCUT2D eigenvalue weighted by molar-refractivity contribution is 5.59. The van der Waals surface area contributed by atoms with Gasteiger partial charge in [0.15, 0.2) is 0 Å². The minimum Gasteiger partial charge on any atom is -0.341 e. The number of nitrogens with one attached hydrogen (secondary N) is 2. The molecule has 0 aliphatic carbocycles. The number of aromatic amines is 1. The Bertz CT molecular complexity index is 571. The molecule has 1 saturated heterocycles. The van der Waals surface area contributed by atoms with Gasteiger partial charge >= 0.3 is 0 Å². The van der Waals surface area contributed by atoms with Crippen molar-refractivity contribution in [3.05, 3.63) is 41.6 Å². The maximum atomic E-state index is 13.9. The third-order valence-electron chi connectivity index (χ3n) is 3.65. The molecule has 0 amide bonds. The van der Waals surface area contributed by atoms with Gasteiger partial charge in [0.05, 0.1) is 17.9 Å². The largest absolute Gasteiger partial charge is 0.341 e. The molecule has 0 spiro atoms. The standard InChI is InChI=1S/C15H18FN3/c1-10-5-6-11(12(16)8-10)14-9-18-15(19-14)13-4-2-3-7-17-13/h5-6,8-9,13,17H,2-4,7H2,1H3,(H,18,19). The second kappa shape index (κ2) is 5.13. The van der Waals surface area contributed by atoms with E-state index in [0.717, 1.165) is 30.0 Å². The number of benzene rings is 1. The van der Waals surface area contributed by atoms with E-state index in [1.807, 2.05) is 13.0 Å². The summed E-state index contributed by atoms with van der Waals surface area (Å²) in [4.78, 5) is 7.64. The van der Waals surface area contributed by atoms with E-state index in [1.165, 1.54) is 12.8 Å². The third-order valence-corrected chi connectivity index (χ3v) is 3.65. The topological polar surface area (TPSA) is 40.7 Å². The first-order chi connectivity index (χ1) is 9.24. The minimum atomic E-state index is -0.202. The Kier molecular flexibility index (Phi) is 3.34. The van der Waals surface area contributed by atoms with Crippen LogP contribution >= 0.6 is 0 Å². The summed E-state index contributed by atoms with van der Waals surface area (Å²) >= 11 is 0. The van der Waals surface area contributed by atoms with Gasteiger partial charge in [-0.25, -0.2) is 9.37 Å². The summed E-state index contributed by atoms with van der Waals surface area (Å²) in [5.74, 6) is 0.710. The molecule has 1 aliphatic rings. The summed E-state index contributed by atoms with van der Waals surface area (Å²) in [6.45, 7) is 2.91. The van der Waals surface area contributed by atoms with Crippen LogP contribution in [0.1, 0.15) is 36.7 Å². The van der Waals surface area contributed by atoms with E-state index >= 15 is 0 Å². The van der Waals surface area contributed by atoms with Crippen LogP contribution in [-0.4, -0.2) is 16.5 Å². The highest BCUT2D eigenvalue weighted by atomic mass is 19.1. The van der Waals surface area contributed by atoms with E-state index in [0.29, 0.717) is 5.56 Å². The van der Waals surface area contributed by atoms with Crippen molar-refractivity contribution in [2.45, 2.75) is 32.2 Å². The van der Waals surface area contributed by atoms with Crippen LogP contribution in [0.25, 0.3) is 11.3 Å². The van der Waals surface area contributed by atoms with Gasteiger partial charge in [-0.3, -0.25) is 0 Å². The van der Waals surface area contributed by atoms with E-state index in [4.69, 9.17) is 0 Å². The van der Waals surface area contributed by atoms with Crippen LogP contribution < -0.4 is 5.32 Å². The molecule has 2 heterocycles. The number of hydrogen-bond acceptors (Lipinski definition) is 2.